The SMILES string of the molecule is Cc1n[nH]c2ccc(Oc3c(Cl)cc(N)cc3Cl)cc12. The Bertz CT molecular complexity index is 775. The summed E-state index contributed by atoms with van der Waals surface area (Å²) >= 11 is 12.2. The third-order valence-electron chi connectivity index (χ3n) is 2.97. The number of nitrogens with zero attached hydrogens (tertiary/aromatic N) is 1. The molecule has 102 valence electrons. The first kappa shape index (κ1) is 13.1. The van der Waals surface area contributed by atoms with Gasteiger partial charge in [0.05, 0.1) is 21.3 Å². The van der Waals surface area contributed by atoms with E-state index >= 15 is 0 Å². The van der Waals surface area contributed by atoms with Gasteiger partial charge in [-0.25, -0.2) is 0 Å². The fourth-order valence-electron chi connectivity index (χ4n) is 1.98. The van der Waals surface area contributed by atoms with Crippen molar-refractivity contribution >= 4 is 39.8 Å². The molecule has 0 radical (unpaired) electrons. The molecular formula is C14H11Cl2N3O. The minimum absolute atomic E-state index is 0.374. The van der Waals surface area contributed by atoms with Crippen molar-refractivity contribution < 1.29 is 4.74 Å². The van der Waals surface area contributed by atoms with E-state index in [0.29, 0.717) is 27.2 Å². The van der Waals surface area contributed by atoms with Gasteiger partial charge in [0.2, 0.25) is 0 Å². The molecule has 0 bridgehead atoms. The Labute approximate surface area is 125 Å². The van der Waals surface area contributed by atoms with Gasteiger partial charge in [-0.15, -0.1) is 0 Å². The van der Waals surface area contributed by atoms with E-state index in [2.05, 4.69) is 10.2 Å². The van der Waals surface area contributed by atoms with Crippen LogP contribution in [0.5, 0.6) is 11.5 Å². The number of hydrogen-bond acceptors (Lipinski definition) is 3. The van der Waals surface area contributed by atoms with Gasteiger partial charge < -0.3 is 10.5 Å². The molecule has 20 heavy (non-hydrogen) atoms. The monoisotopic (exact) mass is 307 g/mol. The van der Waals surface area contributed by atoms with E-state index in [1.165, 1.54) is 0 Å². The Morgan fingerprint density at radius 2 is 1.85 bits per heavy atom. The van der Waals surface area contributed by atoms with Crippen LogP contribution >= 0.6 is 23.2 Å². The van der Waals surface area contributed by atoms with E-state index in [4.69, 9.17) is 33.7 Å². The molecule has 0 saturated carbocycles. The lowest BCUT2D eigenvalue weighted by Crippen LogP contribution is -1.90. The molecule has 6 heteroatoms. The van der Waals surface area contributed by atoms with Crippen LogP contribution in [-0.4, -0.2) is 10.2 Å². The van der Waals surface area contributed by atoms with Gasteiger partial charge in [0.1, 0.15) is 5.75 Å². The number of aryl methyl sites for hydroxylation is 1. The smallest absolute Gasteiger partial charge is 0.164 e. The Kier molecular flexibility index (Phi) is 3.20. The number of rotatable bonds is 2. The summed E-state index contributed by atoms with van der Waals surface area (Å²) in [7, 11) is 0. The predicted molar refractivity (Wildman–Crippen MR) is 81.8 cm³/mol. The van der Waals surface area contributed by atoms with Gasteiger partial charge >= 0.3 is 0 Å². The number of anilines is 1. The van der Waals surface area contributed by atoms with Crippen LogP contribution in [0, 0.1) is 6.92 Å². The normalized spacial score (nSPS) is 10.9. The molecule has 0 atom stereocenters. The summed E-state index contributed by atoms with van der Waals surface area (Å²) < 4.78 is 5.77. The molecular weight excluding hydrogens is 297 g/mol. The standard InChI is InChI=1S/C14H11Cl2N3O/c1-7-10-6-9(2-3-13(10)19-18-7)20-14-11(15)4-8(17)5-12(14)16/h2-6H,17H2,1H3,(H,18,19). The fraction of sp³-hybridized carbons (Fsp3) is 0.0714. The number of nitrogen functional groups attached to an aromatic ring is 1. The van der Waals surface area contributed by atoms with Crippen LogP contribution in [0.25, 0.3) is 10.9 Å². The molecule has 4 nitrogen and oxygen atoms in total. The predicted octanol–water partition coefficient (Wildman–Crippen LogP) is 4.55. The summed E-state index contributed by atoms with van der Waals surface area (Å²) in [6.07, 6.45) is 0. The number of aromatic nitrogens is 2. The van der Waals surface area contributed by atoms with E-state index in [1.54, 1.807) is 12.1 Å². The summed E-state index contributed by atoms with van der Waals surface area (Å²) in [6, 6.07) is 8.80. The second-order valence-electron chi connectivity index (χ2n) is 4.43. The topological polar surface area (TPSA) is 63.9 Å². The molecule has 0 aliphatic rings. The van der Waals surface area contributed by atoms with Gasteiger partial charge in [-0.05, 0) is 37.3 Å². The molecule has 2 aromatic carbocycles. The first-order valence-electron chi connectivity index (χ1n) is 5.91. The highest BCUT2D eigenvalue weighted by Gasteiger charge is 2.11. The van der Waals surface area contributed by atoms with E-state index in [-0.39, 0.29) is 0 Å². The second-order valence-corrected chi connectivity index (χ2v) is 5.25. The van der Waals surface area contributed by atoms with Crippen molar-refractivity contribution in [3.05, 3.63) is 46.1 Å². The van der Waals surface area contributed by atoms with Crippen molar-refractivity contribution in [3.63, 3.8) is 0 Å². The lowest BCUT2D eigenvalue weighted by atomic mass is 10.2. The maximum Gasteiger partial charge on any atom is 0.164 e. The lowest BCUT2D eigenvalue weighted by Gasteiger charge is -2.10. The lowest BCUT2D eigenvalue weighted by molar-refractivity contribution is 0.484. The summed E-state index contributed by atoms with van der Waals surface area (Å²) in [4.78, 5) is 0. The molecule has 3 aromatic rings. The van der Waals surface area contributed by atoms with Crippen molar-refractivity contribution in [2.24, 2.45) is 0 Å². The molecule has 0 spiro atoms. The first-order valence-corrected chi connectivity index (χ1v) is 6.67. The minimum Gasteiger partial charge on any atom is -0.454 e. The van der Waals surface area contributed by atoms with Gasteiger partial charge in [-0.3, -0.25) is 5.10 Å². The first-order chi connectivity index (χ1) is 9.54. The molecule has 1 heterocycles. The number of halogens is 2. The van der Waals surface area contributed by atoms with Crippen molar-refractivity contribution in [1.29, 1.82) is 0 Å². The zero-order chi connectivity index (χ0) is 14.3. The average Bonchev–Trinajstić information content (AvgIpc) is 2.75. The third-order valence-corrected chi connectivity index (χ3v) is 3.53. The Hall–Kier alpha value is -1.91. The molecule has 0 aliphatic heterocycles. The highest BCUT2D eigenvalue weighted by Crippen LogP contribution is 2.38. The highest BCUT2D eigenvalue weighted by molar-refractivity contribution is 6.37. The molecule has 0 amide bonds. The maximum absolute atomic E-state index is 6.11. The van der Waals surface area contributed by atoms with Crippen LogP contribution in [-0.2, 0) is 0 Å². The van der Waals surface area contributed by atoms with Crippen LogP contribution in [0.1, 0.15) is 5.69 Å². The Balaban J connectivity index is 2.03. The molecule has 0 unspecified atom stereocenters. The quantitative estimate of drug-likeness (QED) is 0.682. The summed E-state index contributed by atoms with van der Waals surface area (Å²) in [5, 5.41) is 8.82. The minimum atomic E-state index is 0.374. The summed E-state index contributed by atoms with van der Waals surface area (Å²) in [5.41, 5.74) is 8.01. The van der Waals surface area contributed by atoms with Gasteiger partial charge in [-0.2, -0.15) is 5.10 Å². The zero-order valence-corrected chi connectivity index (χ0v) is 12.1. The van der Waals surface area contributed by atoms with Crippen molar-refractivity contribution in [2.75, 3.05) is 5.73 Å². The van der Waals surface area contributed by atoms with Crippen LogP contribution < -0.4 is 10.5 Å². The van der Waals surface area contributed by atoms with Crippen LogP contribution in [0.3, 0.4) is 0 Å². The van der Waals surface area contributed by atoms with Crippen LogP contribution in [0.2, 0.25) is 10.0 Å². The molecule has 0 fully saturated rings. The second kappa shape index (κ2) is 4.89. The average molecular weight is 308 g/mol. The molecule has 1 aromatic heterocycles. The third kappa shape index (κ3) is 2.28. The van der Waals surface area contributed by atoms with E-state index in [9.17, 15) is 0 Å². The summed E-state index contributed by atoms with van der Waals surface area (Å²) in [6.45, 7) is 1.92. The maximum atomic E-state index is 6.11. The number of hydrogen-bond donors (Lipinski definition) is 2. The van der Waals surface area contributed by atoms with Gasteiger partial charge in [-0.1, -0.05) is 23.2 Å². The van der Waals surface area contributed by atoms with Gasteiger partial charge in [0, 0.05) is 11.1 Å². The largest absolute Gasteiger partial charge is 0.454 e. The van der Waals surface area contributed by atoms with Crippen molar-refractivity contribution in [1.82, 2.24) is 10.2 Å². The van der Waals surface area contributed by atoms with E-state index < -0.39 is 0 Å². The van der Waals surface area contributed by atoms with E-state index in [1.807, 2.05) is 25.1 Å². The van der Waals surface area contributed by atoms with Gasteiger partial charge in [0.15, 0.2) is 5.75 Å². The number of benzene rings is 2. The van der Waals surface area contributed by atoms with Gasteiger partial charge in [0.25, 0.3) is 0 Å². The number of ether oxygens (including phenoxy) is 1. The number of fused-ring (bicyclic) bond motifs is 1. The van der Waals surface area contributed by atoms with Crippen molar-refractivity contribution in [2.45, 2.75) is 6.92 Å². The molecule has 0 saturated heterocycles. The zero-order valence-electron chi connectivity index (χ0n) is 10.6. The Morgan fingerprint density at radius 1 is 1.15 bits per heavy atom. The Morgan fingerprint density at radius 3 is 2.55 bits per heavy atom. The molecule has 0 aliphatic carbocycles. The molecule has 3 N–H and O–H groups in total. The summed E-state index contributed by atoms with van der Waals surface area (Å²) in [5.74, 6) is 1.03. The highest BCUT2D eigenvalue weighted by atomic mass is 35.5. The van der Waals surface area contributed by atoms with Crippen LogP contribution in [0.4, 0.5) is 5.69 Å². The number of H-pyrrole nitrogens is 1. The van der Waals surface area contributed by atoms with Crippen LogP contribution in [0.15, 0.2) is 30.3 Å². The van der Waals surface area contributed by atoms with E-state index in [0.717, 1.165) is 16.6 Å². The fourth-order valence-corrected chi connectivity index (χ4v) is 2.56. The molecule has 3 rings (SSSR count). The number of nitrogens with two attached hydrogens (primary N) is 1. The number of aromatic amines is 1. The number of nitrogens with one attached hydrogen (secondary N) is 1. The van der Waals surface area contributed by atoms with Crippen molar-refractivity contribution in [3.8, 4) is 11.5 Å².